The summed E-state index contributed by atoms with van der Waals surface area (Å²) in [5.74, 6) is 0.701. The number of nitrogens with two attached hydrogens (primary N) is 1. The van der Waals surface area contributed by atoms with Gasteiger partial charge in [0.15, 0.2) is 0 Å². The zero-order valence-corrected chi connectivity index (χ0v) is 14.6. The van der Waals surface area contributed by atoms with Gasteiger partial charge in [0.2, 0.25) is 11.8 Å². The number of amides is 2. The molecule has 0 heterocycles. The van der Waals surface area contributed by atoms with E-state index in [9.17, 15) is 9.59 Å². The van der Waals surface area contributed by atoms with Gasteiger partial charge in [-0.05, 0) is 42.5 Å². The van der Waals surface area contributed by atoms with Gasteiger partial charge in [0.05, 0.1) is 6.04 Å². The maximum Gasteiger partial charge on any atom is 0.236 e. The topological polar surface area (TPSA) is 84.2 Å². The van der Waals surface area contributed by atoms with Gasteiger partial charge < -0.3 is 16.4 Å². The summed E-state index contributed by atoms with van der Waals surface area (Å²) >= 11 is 1.68. The van der Waals surface area contributed by atoms with Gasteiger partial charge in [-0.25, -0.2) is 0 Å². The molecule has 1 atom stereocenters. The van der Waals surface area contributed by atoms with Crippen LogP contribution in [0.5, 0.6) is 0 Å². The third-order valence-electron chi connectivity index (χ3n) is 2.96. The molecule has 4 N–H and O–H groups in total. The lowest BCUT2D eigenvalue weighted by Crippen LogP contribution is -2.41. The lowest BCUT2D eigenvalue weighted by atomic mass is 10.1. The number of carbonyl (C=O) groups is 2. The van der Waals surface area contributed by atoms with Crippen molar-refractivity contribution < 1.29 is 9.59 Å². The molecule has 1 aromatic carbocycles. The molecule has 0 spiro atoms. The van der Waals surface area contributed by atoms with Crippen molar-refractivity contribution >= 4 is 41.7 Å². The van der Waals surface area contributed by atoms with E-state index in [1.54, 1.807) is 11.8 Å². The van der Waals surface area contributed by atoms with E-state index in [-0.39, 0.29) is 24.2 Å². The van der Waals surface area contributed by atoms with Gasteiger partial charge in [-0.15, -0.1) is 12.4 Å². The minimum Gasteiger partial charge on any atom is -0.354 e. The van der Waals surface area contributed by atoms with Crippen molar-refractivity contribution in [1.29, 1.82) is 0 Å². The molecule has 1 rings (SSSR count). The van der Waals surface area contributed by atoms with Crippen molar-refractivity contribution in [2.24, 2.45) is 5.73 Å². The number of benzene rings is 1. The van der Waals surface area contributed by atoms with Gasteiger partial charge in [-0.3, -0.25) is 9.59 Å². The fourth-order valence-electron chi connectivity index (χ4n) is 1.80. The maximum atomic E-state index is 11.7. The Hall–Kier alpha value is -1.24. The molecule has 2 amide bonds. The summed E-state index contributed by atoms with van der Waals surface area (Å²) in [6.45, 7) is 2.04. The molecule has 0 bridgehead atoms. The standard InChI is InChI=1S/C15H23N3O2S.ClH/c1-11(19)18-13-5-3-12(4-6-13)7-9-17-15(20)14(16)8-10-21-2;/h3-6,14H,7-10,16H2,1-2H3,(H,17,20)(H,18,19);1H/t14-;/m0./s1. The number of carbonyl (C=O) groups excluding carboxylic acids is 2. The summed E-state index contributed by atoms with van der Waals surface area (Å²) < 4.78 is 0. The normalized spacial score (nSPS) is 11.2. The highest BCUT2D eigenvalue weighted by molar-refractivity contribution is 7.98. The Kier molecular flexibility index (Phi) is 10.7. The van der Waals surface area contributed by atoms with Crippen LogP contribution in [-0.4, -0.2) is 36.4 Å². The zero-order valence-electron chi connectivity index (χ0n) is 12.9. The molecule has 0 saturated carbocycles. The number of anilines is 1. The molecule has 0 radical (unpaired) electrons. The third-order valence-corrected chi connectivity index (χ3v) is 3.60. The van der Waals surface area contributed by atoms with Gasteiger partial charge >= 0.3 is 0 Å². The molecule has 7 heteroatoms. The molecular formula is C15H24ClN3O2S. The Balaban J connectivity index is 0.00000441. The van der Waals surface area contributed by atoms with Gasteiger partial charge in [0, 0.05) is 19.2 Å². The van der Waals surface area contributed by atoms with Crippen LogP contribution in [0.25, 0.3) is 0 Å². The fraction of sp³-hybridized carbons (Fsp3) is 0.467. The Labute approximate surface area is 142 Å². The molecule has 1 aromatic rings. The van der Waals surface area contributed by atoms with Crippen molar-refractivity contribution in [3.05, 3.63) is 29.8 Å². The van der Waals surface area contributed by atoms with E-state index < -0.39 is 6.04 Å². The van der Waals surface area contributed by atoms with Crippen LogP contribution in [-0.2, 0) is 16.0 Å². The first-order valence-electron chi connectivity index (χ1n) is 6.91. The minimum absolute atomic E-state index is 0. The van der Waals surface area contributed by atoms with Crippen molar-refractivity contribution in [2.45, 2.75) is 25.8 Å². The van der Waals surface area contributed by atoms with E-state index in [4.69, 9.17) is 5.73 Å². The fourth-order valence-corrected chi connectivity index (χ4v) is 2.28. The van der Waals surface area contributed by atoms with Crippen molar-refractivity contribution in [3.8, 4) is 0 Å². The molecule has 0 aliphatic heterocycles. The Morgan fingerprint density at radius 2 is 1.91 bits per heavy atom. The first-order chi connectivity index (χ1) is 10.0. The van der Waals surface area contributed by atoms with Crippen LogP contribution in [0, 0.1) is 0 Å². The van der Waals surface area contributed by atoms with E-state index in [2.05, 4.69) is 10.6 Å². The molecule has 0 fully saturated rings. The third kappa shape index (κ3) is 8.26. The summed E-state index contributed by atoms with van der Waals surface area (Å²) in [6.07, 6.45) is 3.43. The van der Waals surface area contributed by atoms with E-state index in [1.807, 2.05) is 30.5 Å². The first kappa shape index (κ1) is 20.8. The second kappa shape index (κ2) is 11.3. The van der Waals surface area contributed by atoms with Crippen LogP contribution in [0.15, 0.2) is 24.3 Å². The molecular weight excluding hydrogens is 322 g/mol. The molecule has 124 valence electrons. The SMILES string of the molecule is CSCC[C@H](N)C(=O)NCCc1ccc(NC(C)=O)cc1.Cl. The van der Waals surface area contributed by atoms with Gasteiger partial charge in [-0.1, -0.05) is 12.1 Å². The Morgan fingerprint density at radius 3 is 2.45 bits per heavy atom. The summed E-state index contributed by atoms with van der Waals surface area (Å²) in [4.78, 5) is 22.6. The van der Waals surface area contributed by atoms with Gasteiger partial charge in [0.1, 0.15) is 0 Å². The summed E-state index contributed by atoms with van der Waals surface area (Å²) in [6, 6.07) is 7.14. The van der Waals surface area contributed by atoms with Crippen LogP contribution >= 0.6 is 24.2 Å². The maximum absolute atomic E-state index is 11.7. The van der Waals surface area contributed by atoms with Crippen LogP contribution in [0.2, 0.25) is 0 Å². The number of hydrogen-bond donors (Lipinski definition) is 3. The molecule has 5 nitrogen and oxygen atoms in total. The van der Waals surface area contributed by atoms with Crippen molar-refractivity contribution in [2.75, 3.05) is 23.9 Å². The van der Waals surface area contributed by atoms with Gasteiger partial charge in [-0.2, -0.15) is 11.8 Å². The number of thioether (sulfide) groups is 1. The van der Waals surface area contributed by atoms with E-state index in [0.29, 0.717) is 13.0 Å². The smallest absolute Gasteiger partial charge is 0.236 e. The predicted octanol–water partition coefficient (Wildman–Crippen LogP) is 1.81. The summed E-state index contributed by atoms with van der Waals surface area (Å²) in [5, 5.41) is 5.56. The molecule has 22 heavy (non-hydrogen) atoms. The monoisotopic (exact) mass is 345 g/mol. The highest BCUT2D eigenvalue weighted by Crippen LogP contribution is 2.09. The molecule has 0 unspecified atom stereocenters. The number of hydrogen-bond acceptors (Lipinski definition) is 4. The highest BCUT2D eigenvalue weighted by Gasteiger charge is 2.11. The molecule has 0 aliphatic rings. The van der Waals surface area contributed by atoms with Crippen LogP contribution in [0.1, 0.15) is 18.9 Å². The molecule has 0 aromatic heterocycles. The number of rotatable bonds is 8. The average molecular weight is 346 g/mol. The second-order valence-electron chi connectivity index (χ2n) is 4.81. The Bertz CT molecular complexity index is 468. The van der Waals surface area contributed by atoms with Gasteiger partial charge in [0.25, 0.3) is 0 Å². The predicted molar refractivity (Wildman–Crippen MR) is 95.7 cm³/mol. The van der Waals surface area contributed by atoms with Crippen molar-refractivity contribution in [1.82, 2.24) is 5.32 Å². The second-order valence-corrected chi connectivity index (χ2v) is 5.79. The molecule has 0 aliphatic carbocycles. The van der Waals surface area contributed by atoms with Crippen molar-refractivity contribution in [3.63, 3.8) is 0 Å². The largest absolute Gasteiger partial charge is 0.354 e. The lowest BCUT2D eigenvalue weighted by molar-refractivity contribution is -0.122. The van der Waals surface area contributed by atoms with E-state index >= 15 is 0 Å². The summed E-state index contributed by atoms with van der Waals surface area (Å²) in [5.41, 5.74) is 7.66. The van der Waals surface area contributed by atoms with Crippen LogP contribution < -0.4 is 16.4 Å². The van der Waals surface area contributed by atoms with Crippen LogP contribution in [0.3, 0.4) is 0 Å². The van der Waals surface area contributed by atoms with E-state index in [0.717, 1.165) is 23.4 Å². The minimum atomic E-state index is -0.431. The quantitative estimate of drug-likeness (QED) is 0.671. The van der Waals surface area contributed by atoms with E-state index in [1.165, 1.54) is 6.92 Å². The number of halogens is 1. The highest BCUT2D eigenvalue weighted by atomic mass is 35.5. The van der Waals surface area contributed by atoms with Crippen LogP contribution in [0.4, 0.5) is 5.69 Å². The lowest BCUT2D eigenvalue weighted by Gasteiger charge is -2.11. The zero-order chi connectivity index (χ0) is 15.7. The first-order valence-corrected chi connectivity index (χ1v) is 8.31. The average Bonchev–Trinajstić information content (AvgIpc) is 2.45. The Morgan fingerprint density at radius 1 is 1.27 bits per heavy atom. The molecule has 0 saturated heterocycles. The number of nitrogens with one attached hydrogen (secondary N) is 2. The summed E-state index contributed by atoms with van der Waals surface area (Å²) in [7, 11) is 0.